The van der Waals surface area contributed by atoms with E-state index in [2.05, 4.69) is 15.5 Å². The Hall–Kier alpha value is -2.47. The molecular formula is C19H19F2N3O. The highest BCUT2D eigenvalue weighted by Gasteiger charge is 2.39. The number of benzene rings is 2. The van der Waals surface area contributed by atoms with E-state index in [1.807, 2.05) is 18.2 Å². The Morgan fingerprint density at radius 2 is 1.80 bits per heavy atom. The maximum absolute atomic E-state index is 13.8. The molecule has 0 aromatic heterocycles. The van der Waals surface area contributed by atoms with Gasteiger partial charge in [0, 0.05) is 43.7 Å². The summed E-state index contributed by atoms with van der Waals surface area (Å²) in [4.78, 5) is 14.4. The van der Waals surface area contributed by atoms with Crippen LogP contribution in [0.1, 0.15) is 28.8 Å². The topological polar surface area (TPSA) is 44.4 Å². The van der Waals surface area contributed by atoms with Crippen LogP contribution in [0.2, 0.25) is 0 Å². The Kier molecular flexibility index (Phi) is 3.92. The fraction of sp³-hybridized carbons (Fsp3) is 0.316. The predicted octanol–water partition coefficient (Wildman–Crippen LogP) is 3.11. The van der Waals surface area contributed by atoms with Crippen molar-refractivity contribution in [1.82, 2.24) is 10.2 Å². The second kappa shape index (κ2) is 6.11. The number of carbonyl (C=O) groups is 1. The molecule has 1 saturated heterocycles. The van der Waals surface area contributed by atoms with Crippen molar-refractivity contribution in [2.75, 3.05) is 18.4 Å². The monoisotopic (exact) mass is 343 g/mol. The minimum Gasteiger partial charge on any atom is -0.362 e. The zero-order valence-electron chi connectivity index (χ0n) is 13.7. The molecule has 4 nitrogen and oxygen atoms in total. The lowest BCUT2D eigenvalue weighted by atomic mass is 9.92. The number of nitrogens with one attached hydrogen (secondary N) is 2. The van der Waals surface area contributed by atoms with Crippen molar-refractivity contribution in [3.63, 3.8) is 0 Å². The molecule has 130 valence electrons. The van der Waals surface area contributed by atoms with E-state index in [1.54, 1.807) is 6.07 Å². The third-order valence-corrected chi connectivity index (χ3v) is 5.01. The Balaban J connectivity index is 1.45. The molecule has 2 N–H and O–H groups in total. The van der Waals surface area contributed by atoms with Gasteiger partial charge in [0.25, 0.3) is 5.91 Å². The van der Waals surface area contributed by atoms with E-state index < -0.39 is 11.5 Å². The molecule has 1 amide bonds. The Morgan fingerprint density at radius 1 is 1.04 bits per heavy atom. The van der Waals surface area contributed by atoms with Gasteiger partial charge in [0.15, 0.2) is 0 Å². The van der Waals surface area contributed by atoms with Crippen LogP contribution in [0.5, 0.6) is 0 Å². The van der Waals surface area contributed by atoms with Gasteiger partial charge in [-0.15, -0.1) is 0 Å². The van der Waals surface area contributed by atoms with Gasteiger partial charge in [-0.3, -0.25) is 9.69 Å². The van der Waals surface area contributed by atoms with E-state index in [0.717, 1.165) is 17.8 Å². The van der Waals surface area contributed by atoms with Crippen LogP contribution in [0.4, 0.5) is 14.5 Å². The van der Waals surface area contributed by atoms with Crippen LogP contribution in [-0.2, 0) is 6.54 Å². The highest BCUT2D eigenvalue weighted by atomic mass is 19.1. The number of para-hydroxylation sites is 1. The summed E-state index contributed by atoms with van der Waals surface area (Å²) in [6.45, 7) is 1.74. The van der Waals surface area contributed by atoms with E-state index in [0.29, 0.717) is 43.6 Å². The molecule has 1 spiro atoms. The van der Waals surface area contributed by atoms with Gasteiger partial charge in [-0.1, -0.05) is 12.1 Å². The average Bonchev–Trinajstić information content (AvgIpc) is 2.60. The van der Waals surface area contributed by atoms with Gasteiger partial charge >= 0.3 is 0 Å². The number of carbonyl (C=O) groups excluding carboxylic acids is 1. The van der Waals surface area contributed by atoms with E-state index in [9.17, 15) is 13.6 Å². The largest absolute Gasteiger partial charge is 0.362 e. The zero-order valence-corrected chi connectivity index (χ0v) is 13.7. The summed E-state index contributed by atoms with van der Waals surface area (Å²) in [5.74, 6) is -0.888. The highest BCUT2D eigenvalue weighted by molar-refractivity contribution is 6.02. The van der Waals surface area contributed by atoms with E-state index >= 15 is 0 Å². The number of halogens is 2. The number of amides is 1. The normalized spacial score (nSPS) is 19.2. The first-order valence-electron chi connectivity index (χ1n) is 8.41. The number of hydrogen-bond donors (Lipinski definition) is 2. The summed E-state index contributed by atoms with van der Waals surface area (Å²) in [5, 5.41) is 6.54. The molecule has 2 aromatic carbocycles. The summed E-state index contributed by atoms with van der Waals surface area (Å²) in [6.07, 6.45) is 1.40. The van der Waals surface area contributed by atoms with Crippen LogP contribution < -0.4 is 10.6 Å². The number of nitrogens with zero attached hydrogens (tertiary/aromatic N) is 1. The van der Waals surface area contributed by atoms with Crippen LogP contribution in [0.15, 0.2) is 42.5 Å². The van der Waals surface area contributed by atoms with E-state index in [-0.39, 0.29) is 11.7 Å². The second-order valence-electron chi connectivity index (χ2n) is 6.72. The number of likely N-dealkylation sites (tertiary alicyclic amines) is 1. The van der Waals surface area contributed by atoms with Crippen molar-refractivity contribution in [2.45, 2.75) is 25.0 Å². The maximum atomic E-state index is 13.8. The fourth-order valence-corrected chi connectivity index (χ4v) is 3.61. The third-order valence-electron chi connectivity index (χ3n) is 5.01. The maximum Gasteiger partial charge on any atom is 0.255 e. The first-order chi connectivity index (χ1) is 12.0. The SMILES string of the molecule is O=C1NC2(CCN(Cc3cc(F)ccc3F)CC2)Nc2ccccc21. The minimum atomic E-state index is -0.470. The lowest BCUT2D eigenvalue weighted by Crippen LogP contribution is -2.62. The van der Waals surface area contributed by atoms with Crippen molar-refractivity contribution in [3.8, 4) is 0 Å². The third kappa shape index (κ3) is 3.09. The van der Waals surface area contributed by atoms with E-state index in [1.165, 1.54) is 6.07 Å². The van der Waals surface area contributed by atoms with Gasteiger partial charge in [0.1, 0.15) is 17.3 Å². The average molecular weight is 343 g/mol. The fourth-order valence-electron chi connectivity index (χ4n) is 3.61. The number of hydrogen-bond acceptors (Lipinski definition) is 3. The van der Waals surface area contributed by atoms with E-state index in [4.69, 9.17) is 0 Å². The summed E-state index contributed by atoms with van der Waals surface area (Å²) >= 11 is 0. The predicted molar refractivity (Wildman–Crippen MR) is 91.1 cm³/mol. The second-order valence-corrected chi connectivity index (χ2v) is 6.72. The molecule has 0 saturated carbocycles. The summed E-state index contributed by atoms with van der Waals surface area (Å²) in [6, 6.07) is 11.0. The lowest BCUT2D eigenvalue weighted by Gasteiger charge is -2.46. The van der Waals surface area contributed by atoms with Gasteiger partial charge in [-0.2, -0.15) is 0 Å². The molecule has 6 heteroatoms. The molecule has 2 aliphatic heterocycles. The first-order valence-corrected chi connectivity index (χ1v) is 8.41. The molecule has 0 atom stereocenters. The van der Waals surface area contributed by atoms with Gasteiger partial charge in [0.05, 0.1) is 5.56 Å². The molecule has 0 radical (unpaired) electrons. The molecule has 25 heavy (non-hydrogen) atoms. The molecule has 2 heterocycles. The van der Waals surface area contributed by atoms with Gasteiger partial charge in [0.2, 0.25) is 0 Å². The smallest absolute Gasteiger partial charge is 0.255 e. The number of piperidine rings is 1. The summed E-state index contributed by atoms with van der Waals surface area (Å²) in [7, 11) is 0. The van der Waals surface area contributed by atoms with Crippen molar-refractivity contribution in [3.05, 3.63) is 65.2 Å². The Bertz CT molecular complexity index is 816. The number of fused-ring (bicyclic) bond motifs is 1. The quantitative estimate of drug-likeness (QED) is 0.881. The van der Waals surface area contributed by atoms with Crippen LogP contribution in [-0.4, -0.2) is 29.6 Å². The first kappa shape index (κ1) is 16.0. The summed E-state index contributed by atoms with van der Waals surface area (Å²) < 4.78 is 27.2. The molecule has 1 fully saturated rings. The number of anilines is 1. The lowest BCUT2D eigenvalue weighted by molar-refractivity contribution is 0.0821. The minimum absolute atomic E-state index is 0.0704. The Labute approximate surface area is 144 Å². The zero-order chi connectivity index (χ0) is 17.4. The van der Waals surface area contributed by atoms with Gasteiger partial charge < -0.3 is 10.6 Å². The van der Waals surface area contributed by atoms with Crippen LogP contribution in [0.3, 0.4) is 0 Å². The van der Waals surface area contributed by atoms with Crippen molar-refractivity contribution in [2.24, 2.45) is 0 Å². The van der Waals surface area contributed by atoms with Crippen molar-refractivity contribution < 1.29 is 13.6 Å². The van der Waals surface area contributed by atoms with Crippen LogP contribution in [0, 0.1) is 11.6 Å². The number of rotatable bonds is 2. The standard InChI is InChI=1S/C19H19F2N3O/c20-14-5-6-16(21)13(11-14)12-24-9-7-19(8-10-24)22-17-4-2-1-3-15(17)18(25)23-19/h1-6,11,22H,7-10,12H2,(H,23,25). The molecular weight excluding hydrogens is 324 g/mol. The molecule has 0 unspecified atom stereocenters. The van der Waals surface area contributed by atoms with Crippen molar-refractivity contribution in [1.29, 1.82) is 0 Å². The van der Waals surface area contributed by atoms with Gasteiger partial charge in [-0.25, -0.2) is 8.78 Å². The van der Waals surface area contributed by atoms with Gasteiger partial charge in [-0.05, 0) is 30.3 Å². The molecule has 2 aromatic rings. The van der Waals surface area contributed by atoms with Crippen LogP contribution >= 0.6 is 0 Å². The summed E-state index contributed by atoms with van der Waals surface area (Å²) in [5.41, 5.74) is 1.39. The molecule has 0 aliphatic carbocycles. The molecule has 2 aliphatic rings. The molecule has 0 bridgehead atoms. The van der Waals surface area contributed by atoms with Crippen LogP contribution in [0.25, 0.3) is 0 Å². The Morgan fingerprint density at radius 3 is 2.60 bits per heavy atom. The molecule has 4 rings (SSSR count). The highest BCUT2D eigenvalue weighted by Crippen LogP contribution is 2.31. The van der Waals surface area contributed by atoms with Crippen molar-refractivity contribution >= 4 is 11.6 Å².